The van der Waals surface area contributed by atoms with E-state index < -0.39 is 17.2 Å². The zero-order valence-corrected chi connectivity index (χ0v) is 19.3. The molecule has 1 atom stereocenters. The molecular weight excluding hydrogens is 442 g/mol. The Morgan fingerprint density at radius 1 is 1.03 bits per heavy atom. The van der Waals surface area contributed by atoms with Crippen LogP contribution < -0.4 is 30.8 Å². The van der Waals surface area contributed by atoms with Gasteiger partial charge in [0.1, 0.15) is 12.3 Å². The average molecular weight is 469 g/mol. The van der Waals surface area contributed by atoms with Gasteiger partial charge in [-0.15, -0.1) is 0 Å². The predicted molar refractivity (Wildman–Crippen MR) is 126 cm³/mol. The van der Waals surface area contributed by atoms with Gasteiger partial charge in [0.2, 0.25) is 5.91 Å². The molecule has 0 radical (unpaired) electrons. The van der Waals surface area contributed by atoms with Gasteiger partial charge in [0.15, 0.2) is 11.5 Å². The first kappa shape index (κ1) is 23.4. The molecule has 1 saturated heterocycles. The van der Waals surface area contributed by atoms with E-state index in [0.717, 1.165) is 17.4 Å². The summed E-state index contributed by atoms with van der Waals surface area (Å²) in [6.07, 6.45) is 1.40. The van der Waals surface area contributed by atoms with Crippen LogP contribution in [0.25, 0.3) is 10.9 Å². The van der Waals surface area contributed by atoms with E-state index in [1.54, 1.807) is 31.4 Å². The number of carbonyl (C=O) groups excluding carboxylic acids is 1. The van der Waals surface area contributed by atoms with Crippen LogP contribution in [0.5, 0.6) is 17.2 Å². The molecule has 0 unspecified atom stereocenters. The van der Waals surface area contributed by atoms with Crippen LogP contribution in [0, 0.1) is 0 Å². The Kier molecular flexibility index (Phi) is 6.87. The molecular formula is C24H27N3O7. The molecule has 0 bridgehead atoms. The molecule has 2 aromatic carbocycles. The van der Waals surface area contributed by atoms with Crippen molar-refractivity contribution in [1.82, 2.24) is 9.13 Å². The van der Waals surface area contributed by atoms with Crippen molar-refractivity contribution in [2.75, 3.05) is 33.3 Å². The molecule has 0 aliphatic carbocycles. The maximum atomic E-state index is 13.4. The number of anilines is 1. The van der Waals surface area contributed by atoms with E-state index in [4.69, 9.17) is 18.9 Å². The van der Waals surface area contributed by atoms with E-state index in [9.17, 15) is 14.4 Å². The summed E-state index contributed by atoms with van der Waals surface area (Å²) in [7, 11) is 4.48. The molecule has 180 valence electrons. The Labute approximate surface area is 195 Å². The van der Waals surface area contributed by atoms with Gasteiger partial charge in [-0.2, -0.15) is 0 Å². The largest absolute Gasteiger partial charge is 0.497 e. The summed E-state index contributed by atoms with van der Waals surface area (Å²) >= 11 is 0. The van der Waals surface area contributed by atoms with Crippen LogP contribution in [0.3, 0.4) is 0 Å². The fraction of sp³-hybridized carbons (Fsp3) is 0.375. The Hall–Kier alpha value is -3.79. The maximum absolute atomic E-state index is 13.4. The minimum Gasteiger partial charge on any atom is -0.497 e. The highest BCUT2D eigenvalue weighted by atomic mass is 16.5. The van der Waals surface area contributed by atoms with E-state index in [-0.39, 0.29) is 30.1 Å². The maximum Gasteiger partial charge on any atom is 0.332 e. The summed E-state index contributed by atoms with van der Waals surface area (Å²) in [6.45, 7) is 0.404. The van der Waals surface area contributed by atoms with Gasteiger partial charge >= 0.3 is 5.69 Å². The first-order valence-corrected chi connectivity index (χ1v) is 10.9. The van der Waals surface area contributed by atoms with Gasteiger partial charge in [-0.1, -0.05) is 0 Å². The number of benzene rings is 2. The number of rotatable bonds is 8. The summed E-state index contributed by atoms with van der Waals surface area (Å²) in [5.41, 5.74) is -0.232. The lowest BCUT2D eigenvalue weighted by Crippen LogP contribution is -2.43. The van der Waals surface area contributed by atoms with Gasteiger partial charge in [-0.3, -0.25) is 18.7 Å². The van der Waals surface area contributed by atoms with E-state index in [1.165, 1.54) is 30.9 Å². The summed E-state index contributed by atoms with van der Waals surface area (Å²) in [4.78, 5) is 39.6. The Morgan fingerprint density at radius 2 is 1.74 bits per heavy atom. The number of ether oxygens (including phenoxy) is 4. The number of amides is 1. The molecule has 1 aromatic heterocycles. The van der Waals surface area contributed by atoms with E-state index >= 15 is 0 Å². The quantitative estimate of drug-likeness (QED) is 0.537. The van der Waals surface area contributed by atoms with Gasteiger partial charge < -0.3 is 24.3 Å². The third-order valence-electron chi connectivity index (χ3n) is 5.82. The average Bonchev–Trinajstić information content (AvgIpc) is 3.37. The molecule has 4 rings (SSSR count). The highest BCUT2D eigenvalue weighted by Crippen LogP contribution is 2.30. The lowest BCUT2D eigenvalue weighted by molar-refractivity contribution is -0.116. The van der Waals surface area contributed by atoms with Gasteiger partial charge in [0.05, 0.1) is 44.9 Å². The van der Waals surface area contributed by atoms with Crippen molar-refractivity contribution in [3.63, 3.8) is 0 Å². The zero-order chi connectivity index (χ0) is 24.2. The smallest absolute Gasteiger partial charge is 0.332 e. The molecule has 0 saturated carbocycles. The van der Waals surface area contributed by atoms with Crippen LogP contribution in [0.2, 0.25) is 0 Å². The van der Waals surface area contributed by atoms with E-state index in [2.05, 4.69) is 5.32 Å². The standard InChI is InChI=1S/C24H27N3O7/c1-31-16-8-6-15(7-9-16)25-22(28)14-26-19-12-21(33-3)20(32-2)11-18(19)23(29)27(24(26)30)13-17-5-4-10-34-17/h6-9,11-12,17H,4-5,10,13-14H2,1-3H3,(H,25,28)/t17-/m1/s1. The number of nitrogens with zero attached hydrogens (tertiary/aromatic N) is 2. The van der Waals surface area contributed by atoms with Crippen molar-refractivity contribution in [2.45, 2.75) is 32.0 Å². The second-order valence-corrected chi connectivity index (χ2v) is 7.92. The third-order valence-corrected chi connectivity index (χ3v) is 5.82. The molecule has 10 heteroatoms. The van der Waals surface area contributed by atoms with Crippen molar-refractivity contribution in [2.24, 2.45) is 0 Å². The van der Waals surface area contributed by atoms with Crippen LogP contribution in [0.4, 0.5) is 5.69 Å². The number of methoxy groups -OCH3 is 3. The molecule has 1 aliphatic heterocycles. The summed E-state index contributed by atoms with van der Waals surface area (Å²) in [6, 6.07) is 9.90. The van der Waals surface area contributed by atoms with Gasteiger partial charge in [0.25, 0.3) is 5.56 Å². The first-order valence-electron chi connectivity index (χ1n) is 10.9. The zero-order valence-electron chi connectivity index (χ0n) is 19.3. The van der Waals surface area contributed by atoms with Crippen LogP contribution in [0.15, 0.2) is 46.0 Å². The highest BCUT2D eigenvalue weighted by molar-refractivity contribution is 5.92. The Bertz CT molecular complexity index is 1310. The van der Waals surface area contributed by atoms with Crippen LogP contribution in [-0.4, -0.2) is 49.1 Å². The van der Waals surface area contributed by atoms with Crippen LogP contribution in [0.1, 0.15) is 12.8 Å². The number of carbonyl (C=O) groups is 1. The predicted octanol–water partition coefficient (Wildman–Crippen LogP) is 2.01. The number of nitrogens with one attached hydrogen (secondary N) is 1. The SMILES string of the molecule is COc1ccc(NC(=O)Cn2c(=O)n(C[C@H]3CCCO3)c(=O)c3cc(OC)c(OC)cc32)cc1. The monoisotopic (exact) mass is 469 g/mol. The van der Waals surface area contributed by atoms with Gasteiger partial charge in [-0.05, 0) is 43.2 Å². The molecule has 1 amide bonds. The molecule has 1 N–H and O–H groups in total. The van der Waals surface area contributed by atoms with Crippen molar-refractivity contribution in [3.8, 4) is 17.2 Å². The van der Waals surface area contributed by atoms with Crippen LogP contribution in [-0.2, 0) is 22.6 Å². The van der Waals surface area contributed by atoms with E-state index in [1.807, 2.05) is 0 Å². The molecule has 3 aromatic rings. The second-order valence-electron chi connectivity index (χ2n) is 7.92. The first-order chi connectivity index (χ1) is 16.4. The number of hydrogen-bond donors (Lipinski definition) is 1. The van der Waals surface area contributed by atoms with E-state index in [0.29, 0.717) is 29.5 Å². The van der Waals surface area contributed by atoms with Crippen molar-refractivity contribution < 1.29 is 23.7 Å². The summed E-state index contributed by atoms with van der Waals surface area (Å²) < 4.78 is 23.9. The second kappa shape index (κ2) is 10.0. The summed E-state index contributed by atoms with van der Waals surface area (Å²) in [5, 5.41) is 3.01. The number of hydrogen-bond acceptors (Lipinski definition) is 7. The minimum atomic E-state index is -0.592. The molecule has 1 fully saturated rings. The highest BCUT2D eigenvalue weighted by Gasteiger charge is 2.23. The third kappa shape index (κ3) is 4.62. The van der Waals surface area contributed by atoms with Crippen LogP contribution >= 0.6 is 0 Å². The van der Waals surface area contributed by atoms with Crippen molar-refractivity contribution >= 4 is 22.5 Å². The molecule has 1 aliphatic rings. The van der Waals surface area contributed by atoms with Crippen molar-refractivity contribution in [1.29, 1.82) is 0 Å². The fourth-order valence-electron chi connectivity index (χ4n) is 4.07. The van der Waals surface area contributed by atoms with Gasteiger partial charge in [-0.25, -0.2) is 4.79 Å². The molecule has 10 nitrogen and oxygen atoms in total. The normalized spacial score (nSPS) is 15.3. The number of fused-ring (bicyclic) bond motifs is 1. The van der Waals surface area contributed by atoms with Gasteiger partial charge in [0, 0.05) is 18.4 Å². The fourth-order valence-corrected chi connectivity index (χ4v) is 4.07. The lowest BCUT2D eigenvalue weighted by atomic mass is 10.2. The Morgan fingerprint density at radius 3 is 2.35 bits per heavy atom. The molecule has 34 heavy (non-hydrogen) atoms. The molecule has 0 spiro atoms. The minimum absolute atomic E-state index is 0.113. The Balaban J connectivity index is 1.77. The number of aromatic nitrogens is 2. The summed E-state index contributed by atoms with van der Waals surface area (Å²) in [5.74, 6) is 0.923. The topological polar surface area (TPSA) is 110 Å². The lowest BCUT2D eigenvalue weighted by Gasteiger charge is -2.18. The van der Waals surface area contributed by atoms with Crippen molar-refractivity contribution in [3.05, 3.63) is 57.2 Å². The molecule has 2 heterocycles.